The zero-order valence-corrected chi connectivity index (χ0v) is 18.5. The van der Waals surface area contributed by atoms with Gasteiger partial charge in [-0.15, -0.1) is 11.3 Å². The summed E-state index contributed by atoms with van der Waals surface area (Å²) in [6.07, 6.45) is 1.34. The summed E-state index contributed by atoms with van der Waals surface area (Å²) in [5.41, 5.74) is 7.04. The Balaban J connectivity index is 2.18. The van der Waals surface area contributed by atoms with E-state index in [2.05, 4.69) is 35.1 Å². The topological polar surface area (TPSA) is 70.7 Å². The second-order valence-corrected chi connectivity index (χ2v) is 8.64. The van der Waals surface area contributed by atoms with Crippen LogP contribution in [-0.2, 0) is 5.54 Å². The fourth-order valence-corrected chi connectivity index (χ4v) is 5.05. The number of nitrogens with one attached hydrogen (secondary N) is 1. The van der Waals surface area contributed by atoms with Crippen molar-refractivity contribution in [2.45, 2.75) is 33.2 Å². The van der Waals surface area contributed by atoms with Crippen LogP contribution in [0.1, 0.15) is 33.3 Å². The average Bonchev–Trinajstić information content (AvgIpc) is 2.71. The van der Waals surface area contributed by atoms with Gasteiger partial charge in [0.05, 0.1) is 17.3 Å². The molecule has 0 aliphatic carbocycles. The summed E-state index contributed by atoms with van der Waals surface area (Å²) < 4.78 is 1.95. The van der Waals surface area contributed by atoms with Crippen LogP contribution in [-0.4, -0.2) is 37.4 Å². The highest BCUT2D eigenvalue weighted by Gasteiger charge is 2.24. The van der Waals surface area contributed by atoms with Crippen LogP contribution in [0.25, 0.3) is 20.2 Å². The molecule has 0 aliphatic rings. The number of fused-ring (bicyclic) bond motifs is 2. The van der Waals surface area contributed by atoms with Gasteiger partial charge < -0.3 is 16.0 Å². The summed E-state index contributed by atoms with van der Waals surface area (Å²) in [7, 11) is 0. The zero-order chi connectivity index (χ0) is 21.0. The lowest BCUT2D eigenvalue weighted by molar-refractivity contribution is 0.316. The summed E-state index contributed by atoms with van der Waals surface area (Å²) in [5.74, 6) is 0. The van der Waals surface area contributed by atoms with E-state index in [0.717, 1.165) is 57.6 Å². The number of hydrogen-bond donors (Lipinski definition) is 2. The first-order valence-electron chi connectivity index (χ1n) is 10.1. The Labute approximate surface area is 176 Å². The second kappa shape index (κ2) is 8.93. The molecule has 0 atom stereocenters. The molecule has 1 aromatic heterocycles. The van der Waals surface area contributed by atoms with Gasteiger partial charge in [-0.3, -0.25) is 9.79 Å². The number of hydrogen-bond acceptors (Lipinski definition) is 5. The van der Waals surface area contributed by atoms with E-state index < -0.39 is 5.54 Å². The first-order valence-corrected chi connectivity index (χ1v) is 10.9. The van der Waals surface area contributed by atoms with Crippen LogP contribution in [0.3, 0.4) is 0 Å². The minimum absolute atomic E-state index is 0.0640. The smallest absolute Gasteiger partial charge is 0.197 e. The lowest BCUT2D eigenvalue weighted by atomic mass is 9.93. The first-order chi connectivity index (χ1) is 13.9. The van der Waals surface area contributed by atoms with Crippen LogP contribution in [0.5, 0.6) is 0 Å². The van der Waals surface area contributed by atoms with Crippen molar-refractivity contribution in [3.8, 4) is 0 Å². The van der Waals surface area contributed by atoms with E-state index in [4.69, 9.17) is 5.73 Å². The summed E-state index contributed by atoms with van der Waals surface area (Å²) >= 11 is 1.64. The van der Waals surface area contributed by atoms with E-state index in [1.807, 2.05) is 44.2 Å². The molecule has 3 N–H and O–H groups in total. The van der Waals surface area contributed by atoms with Gasteiger partial charge >= 0.3 is 0 Å². The average molecular weight is 411 g/mol. The number of likely N-dealkylation sites (N-methyl/N-ethyl adjacent to an activating group) is 1. The molecular weight excluding hydrogens is 380 g/mol. The van der Waals surface area contributed by atoms with Gasteiger partial charge in [0.1, 0.15) is 0 Å². The maximum atomic E-state index is 13.4. The largest absolute Gasteiger partial charge is 0.390 e. The molecular formula is C23H30N4OS. The van der Waals surface area contributed by atoms with Crippen molar-refractivity contribution in [2.24, 2.45) is 10.7 Å². The standard InChI is InChI=1S/C23H30N4OS/c1-5-27(6-2)14-13-25-18-12-11-17(23(3,4)26-15-24)22-20(18)21(28)16-9-7-8-10-19(16)29-22/h7-12,15,25H,5-6,13-14H2,1-4H3,(H2,24,26). The van der Waals surface area contributed by atoms with Gasteiger partial charge in [0, 0.05) is 33.6 Å². The predicted molar refractivity (Wildman–Crippen MR) is 128 cm³/mol. The van der Waals surface area contributed by atoms with Crippen molar-refractivity contribution in [1.82, 2.24) is 4.90 Å². The van der Waals surface area contributed by atoms with Gasteiger partial charge in [0.15, 0.2) is 5.43 Å². The highest BCUT2D eigenvalue weighted by atomic mass is 32.1. The van der Waals surface area contributed by atoms with Crippen molar-refractivity contribution < 1.29 is 0 Å². The molecule has 2 aromatic carbocycles. The molecule has 0 spiro atoms. The summed E-state index contributed by atoms with van der Waals surface area (Å²) in [5, 5.41) is 5.00. The van der Waals surface area contributed by atoms with Crippen molar-refractivity contribution in [3.05, 3.63) is 52.2 Å². The molecule has 0 saturated heterocycles. The Morgan fingerprint density at radius 1 is 1.17 bits per heavy atom. The van der Waals surface area contributed by atoms with Crippen molar-refractivity contribution in [1.29, 1.82) is 0 Å². The van der Waals surface area contributed by atoms with Gasteiger partial charge in [-0.2, -0.15) is 0 Å². The Kier molecular flexibility index (Phi) is 6.55. The van der Waals surface area contributed by atoms with Crippen molar-refractivity contribution in [2.75, 3.05) is 31.5 Å². The number of nitrogens with two attached hydrogens (primary N) is 1. The third-order valence-electron chi connectivity index (χ3n) is 5.42. The normalized spacial score (nSPS) is 12.4. The Morgan fingerprint density at radius 2 is 1.90 bits per heavy atom. The maximum absolute atomic E-state index is 13.4. The van der Waals surface area contributed by atoms with E-state index in [-0.39, 0.29) is 5.43 Å². The fourth-order valence-electron chi connectivity index (χ4n) is 3.68. The lowest BCUT2D eigenvalue weighted by Crippen LogP contribution is -2.28. The van der Waals surface area contributed by atoms with Crippen LogP contribution in [0, 0.1) is 0 Å². The second-order valence-electron chi connectivity index (χ2n) is 7.58. The zero-order valence-electron chi connectivity index (χ0n) is 17.7. The fraction of sp³-hybridized carbons (Fsp3) is 0.391. The molecule has 6 heteroatoms. The van der Waals surface area contributed by atoms with Crippen molar-refractivity contribution >= 4 is 43.5 Å². The van der Waals surface area contributed by atoms with Crippen LogP contribution in [0.15, 0.2) is 46.2 Å². The molecule has 29 heavy (non-hydrogen) atoms. The van der Waals surface area contributed by atoms with Crippen molar-refractivity contribution in [3.63, 3.8) is 0 Å². The molecule has 3 rings (SSSR count). The molecule has 3 aromatic rings. The van der Waals surface area contributed by atoms with Crippen LogP contribution < -0.4 is 16.5 Å². The molecule has 0 saturated carbocycles. The minimum Gasteiger partial charge on any atom is -0.390 e. The van der Waals surface area contributed by atoms with E-state index in [9.17, 15) is 4.79 Å². The number of nitrogens with zero attached hydrogens (tertiary/aromatic N) is 2. The Bertz CT molecular complexity index is 1080. The quantitative estimate of drug-likeness (QED) is 0.328. The van der Waals surface area contributed by atoms with E-state index in [1.54, 1.807) is 11.3 Å². The van der Waals surface area contributed by atoms with Gasteiger partial charge in [0.25, 0.3) is 0 Å². The third kappa shape index (κ3) is 4.28. The molecule has 0 aliphatic heterocycles. The predicted octanol–water partition coefficient (Wildman–Crippen LogP) is 4.39. The summed E-state index contributed by atoms with van der Waals surface area (Å²) in [6.45, 7) is 12.1. The highest BCUT2D eigenvalue weighted by molar-refractivity contribution is 7.24. The molecule has 5 nitrogen and oxygen atoms in total. The maximum Gasteiger partial charge on any atom is 0.197 e. The van der Waals surface area contributed by atoms with Crippen LogP contribution in [0.4, 0.5) is 5.69 Å². The SMILES string of the molecule is CCN(CC)CCNc1ccc(C(C)(C)N=CN)c2sc3ccccc3c(=O)c12. The molecule has 0 amide bonds. The number of rotatable bonds is 8. The molecule has 1 heterocycles. The Morgan fingerprint density at radius 3 is 2.59 bits per heavy atom. The lowest BCUT2D eigenvalue weighted by Gasteiger charge is -2.23. The summed E-state index contributed by atoms with van der Waals surface area (Å²) in [6, 6.07) is 11.9. The molecule has 0 fully saturated rings. The molecule has 154 valence electrons. The van der Waals surface area contributed by atoms with Gasteiger partial charge in [0.2, 0.25) is 0 Å². The number of benzene rings is 2. The summed E-state index contributed by atoms with van der Waals surface area (Å²) in [4.78, 5) is 20.3. The Hall–Kier alpha value is -2.44. The van der Waals surface area contributed by atoms with E-state index in [1.165, 1.54) is 6.34 Å². The van der Waals surface area contributed by atoms with E-state index >= 15 is 0 Å². The third-order valence-corrected chi connectivity index (χ3v) is 6.63. The molecule has 0 radical (unpaired) electrons. The van der Waals surface area contributed by atoms with Crippen LogP contribution >= 0.6 is 11.3 Å². The molecule has 0 bridgehead atoms. The first kappa shape index (κ1) is 21.3. The number of aliphatic imine (C=N–C) groups is 1. The monoisotopic (exact) mass is 410 g/mol. The number of anilines is 1. The minimum atomic E-state index is -0.516. The van der Waals surface area contributed by atoms with E-state index in [0.29, 0.717) is 0 Å². The van der Waals surface area contributed by atoms with Gasteiger partial charge in [-0.05, 0) is 50.7 Å². The van der Waals surface area contributed by atoms with Gasteiger partial charge in [-0.25, -0.2) is 0 Å². The molecule has 0 unspecified atom stereocenters. The highest BCUT2D eigenvalue weighted by Crippen LogP contribution is 2.38. The van der Waals surface area contributed by atoms with Crippen LogP contribution in [0.2, 0.25) is 0 Å². The van der Waals surface area contributed by atoms with Gasteiger partial charge in [-0.1, -0.05) is 32.0 Å².